The highest BCUT2D eigenvalue weighted by molar-refractivity contribution is 5.90. The number of hydrogen-bond acceptors (Lipinski definition) is 4. The molecule has 0 aliphatic carbocycles. The van der Waals surface area contributed by atoms with E-state index in [1.165, 1.54) is 25.7 Å². The van der Waals surface area contributed by atoms with Crippen LogP contribution in [0.1, 0.15) is 82.5 Å². The van der Waals surface area contributed by atoms with Crippen LogP contribution in [-0.2, 0) is 9.53 Å². The van der Waals surface area contributed by atoms with E-state index in [2.05, 4.69) is 20.8 Å². The first kappa shape index (κ1) is 24.6. The summed E-state index contributed by atoms with van der Waals surface area (Å²) in [5, 5.41) is 0. The number of hydrogen-bond donors (Lipinski definition) is 0. The van der Waals surface area contributed by atoms with E-state index in [4.69, 9.17) is 9.47 Å². The predicted octanol–water partition coefficient (Wildman–Crippen LogP) is 7.21. The monoisotopic (exact) mass is 424 g/mol. The molecule has 0 aliphatic rings. The Morgan fingerprint density at radius 3 is 2.00 bits per heavy atom. The molecule has 0 bridgehead atoms. The molecule has 4 heteroatoms. The third-order valence-corrected chi connectivity index (χ3v) is 5.20. The second kappa shape index (κ2) is 13.6. The quantitative estimate of drug-likeness (QED) is 0.194. The van der Waals surface area contributed by atoms with Gasteiger partial charge in [0.25, 0.3) is 0 Å². The molecule has 2 aromatic carbocycles. The fraction of sp³-hybridized carbons (Fsp3) is 0.481. The van der Waals surface area contributed by atoms with Crippen molar-refractivity contribution in [2.75, 3.05) is 6.61 Å². The molecule has 0 N–H and O–H groups in total. The highest BCUT2D eigenvalue weighted by atomic mass is 16.5. The lowest BCUT2D eigenvalue weighted by molar-refractivity contribution is -0.134. The van der Waals surface area contributed by atoms with Crippen molar-refractivity contribution in [3.8, 4) is 16.9 Å². The molecule has 4 nitrogen and oxygen atoms in total. The Morgan fingerprint density at radius 2 is 1.39 bits per heavy atom. The van der Waals surface area contributed by atoms with Crippen LogP contribution in [-0.4, -0.2) is 18.5 Å². The lowest BCUT2D eigenvalue weighted by Gasteiger charge is -2.08. The van der Waals surface area contributed by atoms with E-state index in [9.17, 15) is 9.59 Å². The molecule has 0 saturated carbocycles. The van der Waals surface area contributed by atoms with Gasteiger partial charge in [-0.25, -0.2) is 4.79 Å². The van der Waals surface area contributed by atoms with Gasteiger partial charge in [0.15, 0.2) is 0 Å². The van der Waals surface area contributed by atoms with Crippen molar-refractivity contribution >= 4 is 11.9 Å². The van der Waals surface area contributed by atoms with Crippen LogP contribution >= 0.6 is 0 Å². The van der Waals surface area contributed by atoms with Crippen molar-refractivity contribution in [2.45, 2.75) is 72.1 Å². The van der Waals surface area contributed by atoms with E-state index < -0.39 is 0 Å². The summed E-state index contributed by atoms with van der Waals surface area (Å²) in [6.45, 7) is 6.84. The van der Waals surface area contributed by atoms with Crippen LogP contribution < -0.4 is 4.74 Å². The van der Waals surface area contributed by atoms with Crippen molar-refractivity contribution in [3.63, 3.8) is 0 Å². The lowest BCUT2D eigenvalue weighted by atomic mass is 10.0. The van der Waals surface area contributed by atoms with E-state index in [-0.39, 0.29) is 11.9 Å². The zero-order chi connectivity index (χ0) is 22.5. The van der Waals surface area contributed by atoms with E-state index >= 15 is 0 Å². The molecule has 0 amide bonds. The van der Waals surface area contributed by atoms with E-state index in [0.29, 0.717) is 30.3 Å². The molecule has 0 radical (unpaired) electrons. The van der Waals surface area contributed by atoms with Gasteiger partial charge in [-0.1, -0.05) is 77.1 Å². The van der Waals surface area contributed by atoms with Gasteiger partial charge in [-0.2, -0.15) is 0 Å². The zero-order valence-corrected chi connectivity index (χ0v) is 19.2. The minimum Gasteiger partial charge on any atom is -0.462 e. The summed E-state index contributed by atoms with van der Waals surface area (Å²) in [6.07, 6.45) is 8.21. The first-order chi connectivity index (χ1) is 15.0. The Bertz CT molecular complexity index is 791. The Hall–Kier alpha value is -2.62. The van der Waals surface area contributed by atoms with Crippen LogP contribution in [0, 0.1) is 5.92 Å². The summed E-state index contributed by atoms with van der Waals surface area (Å²) in [4.78, 5) is 24.1. The number of esters is 2. The Balaban J connectivity index is 1.80. The Morgan fingerprint density at radius 1 is 0.806 bits per heavy atom. The van der Waals surface area contributed by atoms with Crippen molar-refractivity contribution in [1.29, 1.82) is 0 Å². The predicted molar refractivity (Wildman–Crippen MR) is 125 cm³/mol. The molecule has 0 fully saturated rings. The normalized spacial score (nSPS) is 10.8. The number of unbranched alkanes of at least 4 members (excludes halogenated alkanes) is 5. The summed E-state index contributed by atoms with van der Waals surface area (Å²) >= 11 is 0. The van der Waals surface area contributed by atoms with Gasteiger partial charge in [-0.3, -0.25) is 4.79 Å². The number of benzene rings is 2. The molecule has 0 unspecified atom stereocenters. The van der Waals surface area contributed by atoms with Crippen LogP contribution in [0.2, 0.25) is 0 Å². The lowest BCUT2D eigenvalue weighted by Crippen LogP contribution is -2.08. The summed E-state index contributed by atoms with van der Waals surface area (Å²) < 4.78 is 10.7. The third-order valence-electron chi connectivity index (χ3n) is 5.20. The Labute approximate surface area is 187 Å². The molecule has 0 aromatic heterocycles. The average molecular weight is 425 g/mol. The number of carbonyl (C=O) groups is 2. The van der Waals surface area contributed by atoms with Gasteiger partial charge in [-0.05, 0) is 54.2 Å². The summed E-state index contributed by atoms with van der Waals surface area (Å²) in [6, 6.07) is 14.8. The van der Waals surface area contributed by atoms with E-state index in [1.807, 2.05) is 36.4 Å². The summed E-state index contributed by atoms with van der Waals surface area (Å²) in [7, 11) is 0. The fourth-order valence-electron chi connectivity index (χ4n) is 3.22. The van der Waals surface area contributed by atoms with Crippen molar-refractivity contribution in [2.24, 2.45) is 5.92 Å². The van der Waals surface area contributed by atoms with Gasteiger partial charge < -0.3 is 9.47 Å². The molecule has 0 heterocycles. The maximum atomic E-state index is 12.1. The van der Waals surface area contributed by atoms with Gasteiger partial charge >= 0.3 is 11.9 Å². The van der Waals surface area contributed by atoms with Crippen molar-refractivity contribution < 1.29 is 19.1 Å². The second-order valence-corrected chi connectivity index (χ2v) is 8.41. The van der Waals surface area contributed by atoms with Gasteiger partial charge in [0, 0.05) is 6.42 Å². The van der Waals surface area contributed by atoms with Crippen LogP contribution in [0.3, 0.4) is 0 Å². The smallest absolute Gasteiger partial charge is 0.338 e. The second-order valence-electron chi connectivity index (χ2n) is 8.41. The molecule has 168 valence electrons. The SMILES string of the molecule is CCCCCCCCC(=O)Oc1ccc(-c2ccc(C(=O)OCCC(C)C)cc2)cc1. The molecular formula is C27H36O4. The van der Waals surface area contributed by atoms with Crippen LogP contribution in [0.4, 0.5) is 0 Å². The van der Waals surface area contributed by atoms with Crippen molar-refractivity contribution in [3.05, 3.63) is 54.1 Å². The molecule has 0 saturated heterocycles. The molecule has 0 atom stereocenters. The number of carbonyl (C=O) groups excluding carboxylic acids is 2. The Kier molecular flexibility index (Phi) is 10.8. The minimum atomic E-state index is -0.292. The van der Waals surface area contributed by atoms with Gasteiger partial charge in [0.05, 0.1) is 12.2 Å². The molecule has 0 spiro atoms. The third kappa shape index (κ3) is 9.37. The molecule has 2 aromatic rings. The van der Waals surface area contributed by atoms with Gasteiger partial charge in [0.1, 0.15) is 5.75 Å². The summed E-state index contributed by atoms with van der Waals surface area (Å²) in [5.41, 5.74) is 2.53. The summed E-state index contributed by atoms with van der Waals surface area (Å²) in [5.74, 6) is 0.599. The molecule has 31 heavy (non-hydrogen) atoms. The average Bonchev–Trinajstić information content (AvgIpc) is 2.76. The highest BCUT2D eigenvalue weighted by Crippen LogP contribution is 2.23. The van der Waals surface area contributed by atoms with E-state index in [0.717, 1.165) is 30.4 Å². The molecular weight excluding hydrogens is 388 g/mol. The molecule has 2 rings (SSSR count). The van der Waals surface area contributed by atoms with Gasteiger partial charge in [-0.15, -0.1) is 0 Å². The van der Waals surface area contributed by atoms with Crippen LogP contribution in [0.25, 0.3) is 11.1 Å². The maximum absolute atomic E-state index is 12.1. The van der Waals surface area contributed by atoms with Crippen LogP contribution in [0.15, 0.2) is 48.5 Å². The minimum absolute atomic E-state index is 0.177. The zero-order valence-electron chi connectivity index (χ0n) is 19.2. The maximum Gasteiger partial charge on any atom is 0.338 e. The molecule has 0 aliphatic heterocycles. The highest BCUT2D eigenvalue weighted by Gasteiger charge is 2.09. The van der Waals surface area contributed by atoms with E-state index in [1.54, 1.807) is 12.1 Å². The number of ether oxygens (including phenoxy) is 2. The van der Waals surface area contributed by atoms with Crippen LogP contribution in [0.5, 0.6) is 5.75 Å². The van der Waals surface area contributed by atoms with Gasteiger partial charge in [0.2, 0.25) is 0 Å². The largest absolute Gasteiger partial charge is 0.462 e. The standard InChI is InChI=1S/C27H36O4/c1-4-5-6-7-8-9-10-26(28)31-25-17-15-23(16-18-25)22-11-13-24(14-12-22)27(29)30-20-19-21(2)3/h11-18,21H,4-10,19-20H2,1-3H3. The number of rotatable bonds is 13. The topological polar surface area (TPSA) is 52.6 Å². The first-order valence-electron chi connectivity index (χ1n) is 11.6. The van der Waals surface area contributed by atoms with Crippen molar-refractivity contribution in [1.82, 2.24) is 0 Å². The fourth-order valence-corrected chi connectivity index (χ4v) is 3.22. The first-order valence-corrected chi connectivity index (χ1v) is 11.6.